The summed E-state index contributed by atoms with van der Waals surface area (Å²) in [5.74, 6) is -4.80. The number of aliphatic hydroxyl groups excluding tert-OH is 1. The molecule has 0 fully saturated rings. The molecule has 0 spiro atoms. The Labute approximate surface area is 190 Å². The highest BCUT2D eigenvalue weighted by Gasteiger charge is 2.30. The van der Waals surface area contributed by atoms with Crippen LogP contribution in [0.1, 0.15) is 20.7 Å². The molecule has 0 aliphatic carbocycles. The summed E-state index contributed by atoms with van der Waals surface area (Å²) in [4.78, 5) is 54.9. The molecule has 176 valence electrons. The third kappa shape index (κ3) is 6.05. The molecule has 1 aromatic carbocycles. The maximum atomic E-state index is 12.3. The summed E-state index contributed by atoms with van der Waals surface area (Å²) < 4.78 is 5.50. The van der Waals surface area contributed by atoms with E-state index < -0.39 is 52.8 Å². The Morgan fingerprint density at radius 3 is 2.33 bits per heavy atom. The van der Waals surface area contributed by atoms with Crippen molar-refractivity contribution in [3.63, 3.8) is 0 Å². The number of aliphatic hydroxyl groups is 1. The lowest BCUT2D eigenvalue weighted by Crippen LogP contribution is -2.33. The maximum absolute atomic E-state index is 12.3. The van der Waals surface area contributed by atoms with Crippen LogP contribution in [0.4, 0.5) is 11.5 Å². The number of aliphatic carboxylic acids is 1. The Bertz CT molecular complexity index is 1110. The molecule has 1 unspecified atom stereocenters. The van der Waals surface area contributed by atoms with Gasteiger partial charge in [0.05, 0.1) is 17.1 Å². The first-order valence-corrected chi connectivity index (χ1v) is 10.2. The SMILES string of the molecule is CSc1nc(NC(CO)C(=O)O)c([N+](=O)[O-])c(Oc2cc(C(=O)O)cc(C(=O)N(C)C)c2)n1. The van der Waals surface area contributed by atoms with Gasteiger partial charge in [0, 0.05) is 19.7 Å². The summed E-state index contributed by atoms with van der Waals surface area (Å²) in [5, 5.41) is 41.7. The summed E-state index contributed by atoms with van der Waals surface area (Å²) in [6, 6.07) is 1.73. The molecular formula is C18H19N5O9S. The van der Waals surface area contributed by atoms with Gasteiger partial charge in [-0.05, 0) is 24.5 Å². The number of nitrogens with zero attached hydrogens (tertiary/aromatic N) is 4. The molecule has 0 bridgehead atoms. The second-order valence-electron chi connectivity index (χ2n) is 6.54. The lowest BCUT2D eigenvalue weighted by molar-refractivity contribution is -0.385. The van der Waals surface area contributed by atoms with Crippen molar-refractivity contribution >= 4 is 41.1 Å². The number of amides is 1. The van der Waals surface area contributed by atoms with E-state index in [0.29, 0.717) is 0 Å². The highest BCUT2D eigenvalue weighted by molar-refractivity contribution is 7.98. The number of thioether (sulfide) groups is 1. The predicted molar refractivity (Wildman–Crippen MR) is 114 cm³/mol. The smallest absolute Gasteiger partial charge is 0.373 e. The highest BCUT2D eigenvalue weighted by Crippen LogP contribution is 2.37. The van der Waals surface area contributed by atoms with Crippen LogP contribution in [0.5, 0.6) is 11.6 Å². The molecule has 33 heavy (non-hydrogen) atoms. The Morgan fingerprint density at radius 2 is 1.85 bits per heavy atom. The summed E-state index contributed by atoms with van der Waals surface area (Å²) in [7, 11) is 2.91. The summed E-state index contributed by atoms with van der Waals surface area (Å²) in [5.41, 5.74) is -1.22. The summed E-state index contributed by atoms with van der Waals surface area (Å²) in [6.07, 6.45) is 1.55. The number of hydrogen-bond donors (Lipinski definition) is 4. The second kappa shape index (κ2) is 10.6. The molecule has 4 N–H and O–H groups in total. The van der Waals surface area contributed by atoms with Crippen LogP contribution in [0.2, 0.25) is 0 Å². The number of aromatic carboxylic acids is 1. The van der Waals surface area contributed by atoms with Crippen molar-refractivity contribution in [1.82, 2.24) is 14.9 Å². The fourth-order valence-electron chi connectivity index (χ4n) is 2.47. The van der Waals surface area contributed by atoms with Crippen molar-refractivity contribution in [2.45, 2.75) is 11.2 Å². The number of carboxylic acids is 2. The number of hydrogen-bond acceptors (Lipinski definition) is 11. The zero-order chi connectivity index (χ0) is 24.9. The van der Waals surface area contributed by atoms with E-state index in [0.717, 1.165) is 23.9 Å². The predicted octanol–water partition coefficient (Wildman–Crippen LogP) is 1.16. The minimum atomic E-state index is -1.61. The summed E-state index contributed by atoms with van der Waals surface area (Å²) in [6.45, 7) is -0.891. The molecule has 0 aliphatic heterocycles. The van der Waals surface area contributed by atoms with Crippen LogP contribution in [-0.2, 0) is 4.79 Å². The first-order valence-electron chi connectivity index (χ1n) is 8.97. The molecule has 0 radical (unpaired) electrons. The molecule has 15 heteroatoms. The zero-order valence-electron chi connectivity index (χ0n) is 17.5. The lowest BCUT2D eigenvalue weighted by atomic mass is 10.1. The first kappa shape index (κ1) is 25.3. The Kier molecular flexibility index (Phi) is 8.09. The van der Waals surface area contributed by atoms with E-state index in [1.54, 1.807) is 6.26 Å². The van der Waals surface area contributed by atoms with Crippen molar-refractivity contribution in [2.75, 3.05) is 32.3 Å². The van der Waals surface area contributed by atoms with Crippen molar-refractivity contribution in [1.29, 1.82) is 0 Å². The number of nitro groups is 1. The third-order valence-electron chi connectivity index (χ3n) is 4.01. The van der Waals surface area contributed by atoms with E-state index in [1.165, 1.54) is 25.1 Å². The molecule has 1 aromatic heterocycles. The van der Waals surface area contributed by atoms with Gasteiger partial charge in [0.1, 0.15) is 11.8 Å². The number of ether oxygens (including phenoxy) is 1. The average Bonchev–Trinajstić information content (AvgIpc) is 2.75. The van der Waals surface area contributed by atoms with Gasteiger partial charge in [0.15, 0.2) is 5.16 Å². The average molecular weight is 481 g/mol. The molecule has 1 amide bonds. The lowest BCUT2D eigenvalue weighted by Gasteiger charge is -2.15. The molecular weight excluding hydrogens is 462 g/mol. The number of carbonyl (C=O) groups excluding carboxylic acids is 1. The van der Waals surface area contributed by atoms with Crippen molar-refractivity contribution in [2.24, 2.45) is 0 Å². The Hall–Kier alpha value is -3.98. The van der Waals surface area contributed by atoms with Crippen molar-refractivity contribution in [3.8, 4) is 11.6 Å². The normalized spacial score (nSPS) is 11.4. The van der Waals surface area contributed by atoms with Crippen LogP contribution in [0.15, 0.2) is 23.4 Å². The van der Waals surface area contributed by atoms with E-state index in [4.69, 9.17) is 9.84 Å². The van der Waals surface area contributed by atoms with Crippen molar-refractivity contribution in [3.05, 3.63) is 39.4 Å². The number of carbonyl (C=O) groups is 3. The maximum Gasteiger partial charge on any atom is 0.373 e. The molecule has 0 saturated heterocycles. The van der Waals surface area contributed by atoms with Gasteiger partial charge in [-0.2, -0.15) is 9.97 Å². The minimum absolute atomic E-state index is 0.0424. The van der Waals surface area contributed by atoms with Gasteiger partial charge in [-0.15, -0.1) is 0 Å². The fraction of sp³-hybridized carbons (Fsp3) is 0.278. The van der Waals surface area contributed by atoms with Crippen LogP contribution in [0.25, 0.3) is 0 Å². The second-order valence-corrected chi connectivity index (χ2v) is 7.31. The number of aromatic nitrogens is 2. The van der Waals surface area contributed by atoms with Crippen LogP contribution >= 0.6 is 11.8 Å². The Morgan fingerprint density at radius 1 is 1.21 bits per heavy atom. The van der Waals surface area contributed by atoms with Crippen LogP contribution < -0.4 is 10.1 Å². The number of rotatable bonds is 10. The molecule has 2 aromatic rings. The van der Waals surface area contributed by atoms with E-state index >= 15 is 0 Å². The number of anilines is 1. The molecule has 0 aliphatic rings. The standard InChI is InChI=1S/C18H19N5O9S/c1-22(2)15(25)8-4-9(16(26)27)6-10(5-8)32-14-12(23(30)31)13(20-18(21-14)33-3)19-11(7-24)17(28)29/h4-6,11,24H,7H2,1-3H3,(H,26,27)(H,28,29)(H,19,20,21). The largest absolute Gasteiger partial charge is 0.480 e. The van der Waals surface area contributed by atoms with Gasteiger partial charge < -0.3 is 30.3 Å². The topological polar surface area (TPSA) is 205 Å². The van der Waals surface area contributed by atoms with Crippen LogP contribution in [-0.4, -0.2) is 86.0 Å². The zero-order valence-corrected chi connectivity index (χ0v) is 18.3. The number of benzene rings is 1. The number of nitrogens with one attached hydrogen (secondary N) is 1. The molecule has 2 rings (SSSR count). The van der Waals surface area contributed by atoms with E-state index in [2.05, 4.69) is 15.3 Å². The monoisotopic (exact) mass is 481 g/mol. The van der Waals surface area contributed by atoms with Crippen LogP contribution in [0.3, 0.4) is 0 Å². The molecule has 1 heterocycles. The van der Waals surface area contributed by atoms with E-state index in [-0.39, 0.29) is 22.0 Å². The Balaban J connectivity index is 2.66. The van der Waals surface area contributed by atoms with Gasteiger partial charge in [-0.3, -0.25) is 14.9 Å². The fourth-order valence-corrected chi connectivity index (χ4v) is 2.82. The van der Waals surface area contributed by atoms with E-state index in [9.17, 15) is 34.7 Å². The first-order chi connectivity index (χ1) is 15.5. The number of carboxylic acid groups (broad SMARTS) is 2. The molecule has 0 saturated carbocycles. The third-order valence-corrected chi connectivity index (χ3v) is 4.56. The molecule has 14 nitrogen and oxygen atoms in total. The van der Waals surface area contributed by atoms with Gasteiger partial charge in [0.25, 0.3) is 5.91 Å². The van der Waals surface area contributed by atoms with Gasteiger partial charge in [-0.25, -0.2) is 9.59 Å². The summed E-state index contributed by atoms with van der Waals surface area (Å²) >= 11 is 0.962. The van der Waals surface area contributed by atoms with E-state index in [1.807, 2.05) is 0 Å². The van der Waals surface area contributed by atoms with Gasteiger partial charge >= 0.3 is 23.5 Å². The van der Waals surface area contributed by atoms with Crippen LogP contribution in [0, 0.1) is 10.1 Å². The van der Waals surface area contributed by atoms with Gasteiger partial charge in [-0.1, -0.05) is 11.8 Å². The minimum Gasteiger partial charge on any atom is -0.480 e. The highest BCUT2D eigenvalue weighted by atomic mass is 32.2. The molecule has 1 atom stereocenters. The van der Waals surface area contributed by atoms with Crippen molar-refractivity contribution < 1.29 is 39.4 Å². The van der Waals surface area contributed by atoms with Gasteiger partial charge in [0.2, 0.25) is 5.82 Å². The quantitative estimate of drug-likeness (QED) is 0.163.